The highest BCUT2D eigenvalue weighted by Crippen LogP contribution is 2.16. The van der Waals surface area contributed by atoms with Crippen LogP contribution in [-0.2, 0) is 9.59 Å². The molecule has 0 aromatic heterocycles. The number of nitrogens with one attached hydrogen (secondary N) is 1. The largest absolute Gasteiger partial charge is 0.491 e. The molecule has 2 aromatic carbocycles. The Hall–Kier alpha value is -2.82. The van der Waals surface area contributed by atoms with Crippen LogP contribution in [0.5, 0.6) is 5.75 Å². The molecule has 1 unspecified atom stereocenters. The van der Waals surface area contributed by atoms with Gasteiger partial charge in [-0.3, -0.25) is 9.59 Å². The van der Waals surface area contributed by atoms with Gasteiger partial charge in [0.05, 0.1) is 12.6 Å². The van der Waals surface area contributed by atoms with Gasteiger partial charge in [0.1, 0.15) is 12.4 Å². The smallest absolute Gasteiger partial charge is 0.240 e. The molecule has 0 spiro atoms. The van der Waals surface area contributed by atoms with Crippen LogP contribution in [0.3, 0.4) is 0 Å². The summed E-state index contributed by atoms with van der Waals surface area (Å²) in [6, 6.07) is 18.8. The molecule has 2 amide bonds. The molecule has 1 N–H and O–H groups in total. The van der Waals surface area contributed by atoms with Gasteiger partial charge in [-0.05, 0) is 17.7 Å². The lowest BCUT2D eigenvalue weighted by Crippen LogP contribution is -2.40. The van der Waals surface area contributed by atoms with Crippen molar-refractivity contribution in [2.24, 2.45) is 0 Å². The zero-order valence-corrected chi connectivity index (χ0v) is 13.9. The van der Waals surface area contributed by atoms with Gasteiger partial charge in [-0.1, -0.05) is 48.5 Å². The van der Waals surface area contributed by atoms with Crippen molar-refractivity contribution >= 4 is 11.8 Å². The molecule has 0 fully saturated rings. The SMILES string of the molecule is CC(=O)N(C)CC(=O)NC(COc1ccccc1)c1ccccc1. The van der Waals surface area contributed by atoms with E-state index in [1.165, 1.54) is 11.8 Å². The summed E-state index contributed by atoms with van der Waals surface area (Å²) in [5.74, 6) is 0.369. The summed E-state index contributed by atoms with van der Waals surface area (Å²) < 4.78 is 5.78. The standard InChI is InChI=1S/C19H22N2O3/c1-15(22)21(2)13-19(23)20-18(16-9-5-3-6-10-16)14-24-17-11-7-4-8-12-17/h3-12,18H,13-14H2,1-2H3,(H,20,23). The summed E-state index contributed by atoms with van der Waals surface area (Å²) in [7, 11) is 1.60. The average molecular weight is 326 g/mol. The molecule has 0 saturated carbocycles. The van der Waals surface area contributed by atoms with Crippen LogP contribution in [0, 0.1) is 0 Å². The zero-order valence-electron chi connectivity index (χ0n) is 13.9. The maximum atomic E-state index is 12.2. The van der Waals surface area contributed by atoms with E-state index in [-0.39, 0.29) is 24.4 Å². The Labute approximate surface area is 142 Å². The Kier molecular flexibility index (Phi) is 6.37. The Morgan fingerprint density at radius 3 is 2.21 bits per heavy atom. The van der Waals surface area contributed by atoms with Crippen LogP contribution < -0.4 is 10.1 Å². The molecule has 1 atom stereocenters. The number of carbonyl (C=O) groups excluding carboxylic acids is 2. The van der Waals surface area contributed by atoms with Crippen molar-refractivity contribution in [3.05, 3.63) is 66.2 Å². The van der Waals surface area contributed by atoms with Gasteiger partial charge in [-0.15, -0.1) is 0 Å². The summed E-state index contributed by atoms with van der Waals surface area (Å²) in [5, 5.41) is 2.93. The molecular formula is C19H22N2O3. The van der Waals surface area contributed by atoms with Crippen molar-refractivity contribution in [2.45, 2.75) is 13.0 Å². The molecular weight excluding hydrogens is 304 g/mol. The maximum absolute atomic E-state index is 12.2. The molecule has 0 bridgehead atoms. The van der Waals surface area contributed by atoms with Gasteiger partial charge in [0.2, 0.25) is 11.8 Å². The highest BCUT2D eigenvalue weighted by atomic mass is 16.5. The van der Waals surface area contributed by atoms with Crippen molar-refractivity contribution in [1.82, 2.24) is 10.2 Å². The van der Waals surface area contributed by atoms with E-state index in [1.807, 2.05) is 60.7 Å². The third-order valence-corrected chi connectivity index (χ3v) is 3.62. The first-order chi connectivity index (χ1) is 11.6. The molecule has 2 aromatic rings. The molecule has 2 rings (SSSR count). The van der Waals surface area contributed by atoms with Crippen LogP contribution in [0.4, 0.5) is 0 Å². The van der Waals surface area contributed by atoms with Gasteiger partial charge in [-0.25, -0.2) is 0 Å². The summed E-state index contributed by atoms with van der Waals surface area (Å²) in [4.78, 5) is 24.8. The second-order valence-corrected chi connectivity index (χ2v) is 5.53. The van der Waals surface area contributed by atoms with E-state index in [0.29, 0.717) is 6.61 Å². The third-order valence-electron chi connectivity index (χ3n) is 3.62. The second-order valence-electron chi connectivity index (χ2n) is 5.53. The predicted octanol–water partition coefficient (Wildman–Crippen LogP) is 2.40. The topological polar surface area (TPSA) is 58.6 Å². The minimum atomic E-state index is -0.292. The van der Waals surface area contributed by atoms with Gasteiger partial charge in [0.15, 0.2) is 0 Å². The number of para-hydroxylation sites is 1. The average Bonchev–Trinajstić information content (AvgIpc) is 2.60. The summed E-state index contributed by atoms with van der Waals surface area (Å²) in [5.41, 5.74) is 0.951. The quantitative estimate of drug-likeness (QED) is 0.850. The minimum Gasteiger partial charge on any atom is -0.491 e. The lowest BCUT2D eigenvalue weighted by Gasteiger charge is -2.22. The molecule has 5 heteroatoms. The van der Waals surface area contributed by atoms with Crippen LogP contribution in [0.15, 0.2) is 60.7 Å². The van der Waals surface area contributed by atoms with Gasteiger partial charge < -0.3 is 15.0 Å². The summed E-state index contributed by atoms with van der Waals surface area (Å²) in [6.45, 7) is 1.76. The van der Waals surface area contributed by atoms with Gasteiger partial charge >= 0.3 is 0 Å². The number of carbonyl (C=O) groups is 2. The highest BCUT2D eigenvalue weighted by Gasteiger charge is 2.17. The predicted molar refractivity (Wildman–Crippen MR) is 92.6 cm³/mol. The molecule has 0 aliphatic rings. The number of hydrogen-bond acceptors (Lipinski definition) is 3. The van der Waals surface area contributed by atoms with E-state index in [2.05, 4.69) is 5.32 Å². The minimum absolute atomic E-state index is 0.0179. The molecule has 0 radical (unpaired) electrons. The summed E-state index contributed by atoms with van der Waals surface area (Å²) in [6.07, 6.45) is 0. The fraction of sp³-hybridized carbons (Fsp3) is 0.263. The number of ether oxygens (including phenoxy) is 1. The zero-order chi connectivity index (χ0) is 17.4. The first-order valence-electron chi connectivity index (χ1n) is 7.80. The maximum Gasteiger partial charge on any atom is 0.240 e. The third kappa shape index (κ3) is 5.43. The molecule has 24 heavy (non-hydrogen) atoms. The normalized spacial score (nSPS) is 11.4. The van der Waals surface area contributed by atoms with E-state index in [4.69, 9.17) is 4.74 Å². The fourth-order valence-electron chi connectivity index (χ4n) is 2.17. The second kappa shape index (κ2) is 8.72. The van der Waals surface area contributed by atoms with Crippen molar-refractivity contribution < 1.29 is 14.3 Å². The first kappa shape index (κ1) is 17.5. The molecule has 5 nitrogen and oxygen atoms in total. The van der Waals surface area contributed by atoms with Crippen molar-refractivity contribution in [1.29, 1.82) is 0 Å². The number of amides is 2. The molecule has 0 aliphatic carbocycles. The number of nitrogens with zero attached hydrogens (tertiary/aromatic N) is 1. The molecule has 0 saturated heterocycles. The van der Waals surface area contributed by atoms with Crippen LogP contribution in [0.25, 0.3) is 0 Å². The van der Waals surface area contributed by atoms with Crippen LogP contribution in [0.2, 0.25) is 0 Å². The monoisotopic (exact) mass is 326 g/mol. The van der Waals surface area contributed by atoms with E-state index in [0.717, 1.165) is 11.3 Å². The van der Waals surface area contributed by atoms with Gasteiger partial charge in [-0.2, -0.15) is 0 Å². The first-order valence-corrected chi connectivity index (χ1v) is 7.80. The number of likely N-dealkylation sites (N-methyl/N-ethyl adjacent to an activating group) is 1. The molecule has 126 valence electrons. The van der Waals surface area contributed by atoms with Crippen LogP contribution in [-0.4, -0.2) is 36.9 Å². The number of rotatable bonds is 7. The molecule has 0 aliphatic heterocycles. The van der Waals surface area contributed by atoms with Gasteiger partial charge in [0, 0.05) is 14.0 Å². The highest BCUT2D eigenvalue weighted by molar-refractivity contribution is 5.83. The van der Waals surface area contributed by atoms with Gasteiger partial charge in [0.25, 0.3) is 0 Å². The Morgan fingerprint density at radius 1 is 1.04 bits per heavy atom. The lowest BCUT2D eigenvalue weighted by atomic mass is 10.1. The number of benzene rings is 2. The van der Waals surface area contributed by atoms with E-state index >= 15 is 0 Å². The van der Waals surface area contributed by atoms with E-state index < -0.39 is 0 Å². The Morgan fingerprint density at radius 2 is 1.62 bits per heavy atom. The van der Waals surface area contributed by atoms with Crippen LogP contribution in [0.1, 0.15) is 18.5 Å². The molecule has 0 heterocycles. The van der Waals surface area contributed by atoms with Crippen molar-refractivity contribution in [2.75, 3.05) is 20.2 Å². The van der Waals surface area contributed by atoms with Crippen LogP contribution >= 0.6 is 0 Å². The number of hydrogen-bond donors (Lipinski definition) is 1. The lowest BCUT2D eigenvalue weighted by molar-refractivity contribution is -0.133. The van der Waals surface area contributed by atoms with Crippen molar-refractivity contribution in [3.8, 4) is 5.75 Å². The van der Waals surface area contributed by atoms with Crippen molar-refractivity contribution in [3.63, 3.8) is 0 Å². The van der Waals surface area contributed by atoms with E-state index in [1.54, 1.807) is 7.05 Å². The van der Waals surface area contributed by atoms with E-state index in [9.17, 15) is 9.59 Å². The Bertz CT molecular complexity index is 659. The summed E-state index contributed by atoms with van der Waals surface area (Å²) >= 11 is 0. The fourth-order valence-corrected chi connectivity index (χ4v) is 2.17. The Balaban J connectivity index is 2.03.